The van der Waals surface area contributed by atoms with Gasteiger partial charge in [-0.1, -0.05) is 18.9 Å². The van der Waals surface area contributed by atoms with Gasteiger partial charge >= 0.3 is 0 Å². The Balaban J connectivity index is 2.13. The van der Waals surface area contributed by atoms with Crippen molar-refractivity contribution in [1.29, 1.82) is 0 Å². The molecule has 7 heteroatoms. The van der Waals surface area contributed by atoms with Crippen LogP contribution >= 0.6 is 0 Å². The molecule has 0 atom stereocenters. The van der Waals surface area contributed by atoms with E-state index >= 15 is 0 Å². The highest BCUT2D eigenvalue weighted by atomic mass is 16.6. The fourth-order valence-corrected chi connectivity index (χ4v) is 2.89. The highest BCUT2D eigenvalue weighted by Crippen LogP contribution is 2.27. The minimum atomic E-state index is -0.503. The first kappa shape index (κ1) is 15.2. The summed E-state index contributed by atoms with van der Waals surface area (Å²) in [4.78, 5) is 23.5. The van der Waals surface area contributed by atoms with Crippen LogP contribution in [0.4, 0.5) is 11.4 Å². The van der Waals surface area contributed by atoms with Crippen molar-refractivity contribution in [3.8, 4) is 0 Å². The van der Waals surface area contributed by atoms with Crippen LogP contribution in [0.2, 0.25) is 0 Å². The van der Waals surface area contributed by atoms with Gasteiger partial charge in [0.25, 0.3) is 5.69 Å². The van der Waals surface area contributed by atoms with Crippen LogP contribution in [0.5, 0.6) is 0 Å². The molecule has 21 heavy (non-hydrogen) atoms. The maximum absolute atomic E-state index is 11.2. The van der Waals surface area contributed by atoms with Crippen LogP contribution in [0, 0.1) is 10.1 Å². The number of nitro groups is 1. The first-order chi connectivity index (χ1) is 9.97. The normalized spacial score (nSPS) is 15.5. The van der Waals surface area contributed by atoms with Crippen LogP contribution in [0.3, 0.4) is 0 Å². The van der Waals surface area contributed by atoms with Gasteiger partial charge in [-0.3, -0.25) is 19.8 Å². The van der Waals surface area contributed by atoms with Crippen molar-refractivity contribution in [3.63, 3.8) is 0 Å². The molecule has 0 radical (unpaired) electrons. The lowest BCUT2D eigenvalue weighted by Crippen LogP contribution is -2.39. The molecule has 0 aromatic heterocycles. The number of nitrogens with zero attached hydrogens (tertiary/aromatic N) is 2. The summed E-state index contributed by atoms with van der Waals surface area (Å²) in [5.41, 5.74) is 11.9. The molecular weight excluding hydrogens is 272 g/mol. The first-order valence-electron chi connectivity index (χ1n) is 7.02. The summed E-state index contributed by atoms with van der Waals surface area (Å²) in [6.07, 6.45) is 4.41. The molecule has 1 aliphatic carbocycles. The fraction of sp³-hybridized carbons (Fsp3) is 0.500. The Morgan fingerprint density at radius 2 is 2.05 bits per heavy atom. The zero-order valence-electron chi connectivity index (χ0n) is 11.8. The Morgan fingerprint density at radius 3 is 2.57 bits per heavy atom. The number of rotatable bonds is 6. The molecule has 0 bridgehead atoms. The van der Waals surface area contributed by atoms with E-state index in [2.05, 4.69) is 0 Å². The summed E-state index contributed by atoms with van der Waals surface area (Å²) in [7, 11) is 0. The number of primary amides is 1. The molecule has 0 unspecified atom stereocenters. The first-order valence-corrected chi connectivity index (χ1v) is 7.02. The number of nitro benzene ring substituents is 1. The number of anilines is 1. The number of benzene rings is 1. The maximum atomic E-state index is 11.2. The molecular formula is C14H20N4O3. The number of carbonyl (C=O) groups is 1. The molecule has 1 amide bonds. The smallest absolute Gasteiger partial charge is 0.292 e. The number of hydrogen-bond acceptors (Lipinski definition) is 5. The molecule has 0 saturated heterocycles. The van der Waals surface area contributed by atoms with Crippen molar-refractivity contribution in [3.05, 3.63) is 33.9 Å². The third-order valence-corrected chi connectivity index (χ3v) is 3.87. The largest absolute Gasteiger partial charge is 0.393 e. The lowest BCUT2D eigenvalue weighted by Gasteiger charge is -2.27. The molecule has 114 valence electrons. The van der Waals surface area contributed by atoms with Crippen molar-refractivity contribution in [2.75, 3.05) is 12.3 Å². The Bertz CT molecular complexity index is 541. The quantitative estimate of drug-likeness (QED) is 0.467. The highest BCUT2D eigenvalue weighted by Gasteiger charge is 2.24. The summed E-state index contributed by atoms with van der Waals surface area (Å²) in [6, 6.07) is 5.02. The zero-order valence-corrected chi connectivity index (χ0v) is 11.8. The number of hydrogen-bond donors (Lipinski definition) is 2. The lowest BCUT2D eigenvalue weighted by molar-refractivity contribution is -0.383. The van der Waals surface area contributed by atoms with E-state index in [1.165, 1.54) is 6.07 Å². The molecule has 1 aromatic carbocycles. The van der Waals surface area contributed by atoms with Crippen LogP contribution in [0.15, 0.2) is 18.2 Å². The molecule has 1 aromatic rings. The standard InChI is InChI=1S/C14H20N4O3/c15-12-7-10(5-6-13(12)18(20)21)8-17(9-14(16)19)11-3-1-2-4-11/h5-7,11H,1-4,8-9,15H2,(H2,16,19). The van der Waals surface area contributed by atoms with Gasteiger partial charge in [0.05, 0.1) is 11.5 Å². The second-order valence-corrected chi connectivity index (χ2v) is 5.46. The van der Waals surface area contributed by atoms with Crippen molar-refractivity contribution >= 4 is 17.3 Å². The van der Waals surface area contributed by atoms with E-state index in [4.69, 9.17) is 11.5 Å². The summed E-state index contributed by atoms with van der Waals surface area (Å²) >= 11 is 0. The van der Waals surface area contributed by atoms with Crippen molar-refractivity contribution < 1.29 is 9.72 Å². The molecule has 1 saturated carbocycles. The van der Waals surface area contributed by atoms with Gasteiger partial charge in [0.2, 0.25) is 5.91 Å². The van der Waals surface area contributed by atoms with Gasteiger partial charge in [0, 0.05) is 18.7 Å². The van der Waals surface area contributed by atoms with Gasteiger partial charge in [0.15, 0.2) is 0 Å². The van der Waals surface area contributed by atoms with Gasteiger partial charge in [-0.2, -0.15) is 0 Å². The van der Waals surface area contributed by atoms with E-state index in [1.54, 1.807) is 12.1 Å². The molecule has 0 heterocycles. The Morgan fingerprint density at radius 1 is 1.38 bits per heavy atom. The summed E-state index contributed by atoms with van der Waals surface area (Å²) < 4.78 is 0. The van der Waals surface area contributed by atoms with Crippen LogP contribution in [0.25, 0.3) is 0 Å². The van der Waals surface area contributed by atoms with Gasteiger partial charge < -0.3 is 11.5 Å². The number of amides is 1. The minimum Gasteiger partial charge on any atom is -0.393 e. The van der Waals surface area contributed by atoms with Gasteiger partial charge in [-0.05, 0) is 24.5 Å². The van der Waals surface area contributed by atoms with Gasteiger partial charge in [-0.15, -0.1) is 0 Å². The summed E-state index contributed by atoms with van der Waals surface area (Å²) in [5.74, 6) is -0.364. The second-order valence-electron chi connectivity index (χ2n) is 5.46. The van der Waals surface area contributed by atoms with E-state index in [0.717, 1.165) is 31.2 Å². The lowest BCUT2D eigenvalue weighted by atomic mass is 10.1. The fourth-order valence-electron chi connectivity index (χ4n) is 2.89. The molecule has 0 aliphatic heterocycles. The number of carbonyl (C=O) groups excluding carboxylic acids is 1. The van der Waals surface area contributed by atoms with Crippen LogP contribution in [-0.2, 0) is 11.3 Å². The SMILES string of the molecule is NC(=O)CN(Cc1ccc([N+](=O)[O-])c(N)c1)C1CCCC1. The van der Waals surface area contributed by atoms with Crippen LogP contribution < -0.4 is 11.5 Å². The predicted molar refractivity (Wildman–Crippen MR) is 79.4 cm³/mol. The van der Waals surface area contributed by atoms with Crippen molar-refractivity contribution in [2.45, 2.75) is 38.3 Å². The van der Waals surface area contributed by atoms with E-state index < -0.39 is 4.92 Å². The zero-order chi connectivity index (χ0) is 15.4. The van der Waals surface area contributed by atoms with Gasteiger partial charge in [-0.25, -0.2) is 0 Å². The Hall–Kier alpha value is -2.15. The predicted octanol–water partition coefficient (Wildman–Crippen LogP) is 1.41. The molecule has 0 spiro atoms. The second kappa shape index (κ2) is 6.53. The summed E-state index contributed by atoms with van der Waals surface area (Å²) in [5, 5.41) is 10.8. The monoisotopic (exact) mass is 292 g/mol. The number of nitrogens with two attached hydrogens (primary N) is 2. The van der Waals surface area contributed by atoms with E-state index in [0.29, 0.717) is 12.6 Å². The molecule has 2 rings (SSSR count). The van der Waals surface area contributed by atoms with Crippen molar-refractivity contribution in [1.82, 2.24) is 4.90 Å². The third-order valence-electron chi connectivity index (χ3n) is 3.87. The number of nitrogen functional groups attached to an aromatic ring is 1. The average molecular weight is 292 g/mol. The van der Waals surface area contributed by atoms with Gasteiger partial charge in [0.1, 0.15) is 5.69 Å². The van der Waals surface area contributed by atoms with E-state index in [1.807, 2.05) is 4.90 Å². The van der Waals surface area contributed by atoms with Crippen molar-refractivity contribution in [2.24, 2.45) is 5.73 Å². The topological polar surface area (TPSA) is 115 Å². The van der Waals surface area contributed by atoms with E-state index in [-0.39, 0.29) is 23.8 Å². The molecule has 1 fully saturated rings. The van der Waals surface area contributed by atoms with Crippen LogP contribution in [-0.4, -0.2) is 28.3 Å². The maximum Gasteiger partial charge on any atom is 0.292 e. The Labute approximate surface area is 123 Å². The summed E-state index contributed by atoms with van der Waals surface area (Å²) in [6.45, 7) is 0.720. The molecule has 4 N–H and O–H groups in total. The highest BCUT2D eigenvalue weighted by molar-refractivity contribution is 5.76. The average Bonchev–Trinajstić information content (AvgIpc) is 2.90. The van der Waals surface area contributed by atoms with Crippen LogP contribution in [0.1, 0.15) is 31.2 Å². The molecule has 7 nitrogen and oxygen atoms in total. The molecule has 1 aliphatic rings. The Kier molecular flexibility index (Phi) is 4.74. The minimum absolute atomic E-state index is 0.0962. The van der Waals surface area contributed by atoms with E-state index in [9.17, 15) is 14.9 Å². The third kappa shape index (κ3) is 3.91.